The second-order valence-electron chi connectivity index (χ2n) is 6.03. The van der Waals surface area contributed by atoms with E-state index in [-0.39, 0.29) is 0 Å². The molecular weight excluding hydrogens is 254 g/mol. The second kappa shape index (κ2) is 3.56. The Hall–Kier alpha value is -2.54. The Morgan fingerprint density at radius 1 is 0.714 bits per heavy atom. The summed E-state index contributed by atoms with van der Waals surface area (Å²) in [5.41, 5.74) is 6.68. The third-order valence-electron chi connectivity index (χ3n) is 4.67. The summed E-state index contributed by atoms with van der Waals surface area (Å²) < 4.78 is 2.43. The summed E-state index contributed by atoms with van der Waals surface area (Å²) in [6.07, 6.45) is 0. The molecule has 0 bridgehead atoms. The van der Waals surface area contributed by atoms with Gasteiger partial charge in [-0.05, 0) is 49.2 Å². The topological polar surface area (TPSA) is 4.41 Å². The molecule has 2 aromatic heterocycles. The van der Waals surface area contributed by atoms with Gasteiger partial charge in [-0.15, -0.1) is 0 Å². The van der Waals surface area contributed by atoms with Gasteiger partial charge in [0, 0.05) is 21.5 Å². The van der Waals surface area contributed by atoms with E-state index in [0.717, 1.165) is 0 Å². The van der Waals surface area contributed by atoms with Crippen LogP contribution < -0.4 is 0 Å². The van der Waals surface area contributed by atoms with Crippen LogP contribution >= 0.6 is 0 Å². The molecule has 5 rings (SSSR count). The fourth-order valence-corrected chi connectivity index (χ4v) is 3.87. The number of hydrogen-bond acceptors (Lipinski definition) is 0. The SMILES string of the molecule is Cc1cc2c3ccccc3n3c4cccc(C)c4c(c1)c23. The van der Waals surface area contributed by atoms with Crippen molar-refractivity contribution in [3.8, 4) is 0 Å². The van der Waals surface area contributed by atoms with Crippen LogP contribution in [0.15, 0.2) is 54.6 Å². The number of benzene rings is 3. The van der Waals surface area contributed by atoms with Crippen LogP contribution in [-0.4, -0.2) is 4.40 Å². The second-order valence-corrected chi connectivity index (χ2v) is 6.03. The predicted molar refractivity (Wildman–Crippen MR) is 90.6 cm³/mol. The molecule has 0 aliphatic carbocycles. The molecule has 0 saturated carbocycles. The predicted octanol–water partition coefficient (Wildman–Crippen LogP) is 5.45. The highest BCUT2D eigenvalue weighted by atomic mass is 14.9. The highest BCUT2D eigenvalue weighted by Crippen LogP contribution is 2.40. The fourth-order valence-electron chi connectivity index (χ4n) is 3.87. The molecule has 2 heterocycles. The number of rotatable bonds is 0. The molecule has 0 N–H and O–H groups in total. The Morgan fingerprint density at radius 2 is 1.48 bits per heavy atom. The van der Waals surface area contributed by atoms with Crippen LogP contribution in [0, 0.1) is 13.8 Å². The molecule has 0 saturated heterocycles. The highest BCUT2D eigenvalue weighted by molar-refractivity contribution is 6.24. The molecule has 0 amide bonds. The zero-order valence-electron chi connectivity index (χ0n) is 12.1. The van der Waals surface area contributed by atoms with E-state index in [1.807, 2.05) is 0 Å². The molecular formula is C20H15N. The third-order valence-corrected chi connectivity index (χ3v) is 4.67. The molecule has 0 fully saturated rings. The minimum absolute atomic E-state index is 1.31. The van der Waals surface area contributed by atoms with Crippen LogP contribution in [0.4, 0.5) is 0 Å². The van der Waals surface area contributed by atoms with Gasteiger partial charge in [-0.1, -0.05) is 30.3 Å². The van der Waals surface area contributed by atoms with Crippen LogP contribution in [0.2, 0.25) is 0 Å². The molecule has 100 valence electrons. The monoisotopic (exact) mass is 269 g/mol. The summed E-state index contributed by atoms with van der Waals surface area (Å²) in [6, 6.07) is 20.0. The lowest BCUT2D eigenvalue weighted by Crippen LogP contribution is -1.80. The van der Waals surface area contributed by atoms with Crippen molar-refractivity contribution in [1.29, 1.82) is 0 Å². The molecule has 0 atom stereocenters. The van der Waals surface area contributed by atoms with E-state index in [4.69, 9.17) is 0 Å². The van der Waals surface area contributed by atoms with Crippen molar-refractivity contribution in [2.45, 2.75) is 13.8 Å². The molecule has 0 spiro atoms. The molecule has 0 aliphatic rings. The first kappa shape index (κ1) is 11.2. The summed E-state index contributed by atoms with van der Waals surface area (Å²) in [5, 5.41) is 5.50. The van der Waals surface area contributed by atoms with Crippen LogP contribution in [0.25, 0.3) is 38.1 Å². The zero-order chi connectivity index (χ0) is 14.1. The van der Waals surface area contributed by atoms with Crippen molar-refractivity contribution in [2.75, 3.05) is 0 Å². The fraction of sp³-hybridized carbons (Fsp3) is 0.100. The lowest BCUT2D eigenvalue weighted by atomic mass is 10.0. The maximum Gasteiger partial charge on any atom is 0.0620 e. The quantitative estimate of drug-likeness (QED) is 0.352. The first-order valence-electron chi connectivity index (χ1n) is 7.40. The van der Waals surface area contributed by atoms with Gasteiger partial charge < -0.3 is 4.40 Å². The smallest absolute Gasteiger partial charge is 0.0620 e. The van der Waals surface area contributed by atoms with Gasteiger partial charge in [-0.3, -0.25) is 0 Å². The summed E-state index contributed by atoms with van der Waals surface area (Å²) in [6.45, 7) is 4.40. The average Bonchev–Trinajstić information content (AvgIpc) is 2.98. The molecule has 1 heteroatoms. The first-order chi connectivity index (χ1) is 10.3. The summed E-state index contributed by atoms with van der Waals surface area (Å²) in [5.74, 6) is 0. The number of aryl methyl sites for hydroxylation is 2. The van der Waals surface area contributed by atoms with Crippen LogP contribution in [0.1, 0.15) is 11.1 Å². The number of para-hydroxylation sites is 1. The molecule has 21 heavy (non-hydrogen) atoms. The van der Waals surface area contributed by atoms with Gasteiger partial charge in [-0.25, -0.2) is 0 Å². The molecule has 1 nitrogen and oxygen atoms in total. The van der Waals surface area contributed by atoms with E-state index in [0.29, 0.717) is 0 Å². The maximum absolute atomic E-state index is 2.43. The number of nitrogens with zero attached hydrogens (tertiary/aromatic N) is 1. The van der Waals surface area contributed by atoms with Gasteiger partial charge >= 0.3 is 0 Å². The van der Waals surface area contributed by atoms with Crippen LogP contribution in [-0.2, 0) is 0 Å². The van der Waals surface area contributed by atoms with Crippen molar-refractivity contribution in [3.63, 3.8) is 0 Å². The average molecular weight is 269 g/mol. The van der Waals surface area contributed by atoms with Crippen LogP contribution in [0.5, 0.6) is 0 Å². The minimum Gasteiger partial charge on any atom is -0.308 e. The Kier molecular flexibility index (Phi) is 1.89. The van der Waals surface area contributed by atoms with E-state index in [2.05, 4.69) is 72.8 Å². The normalized spacial score (nSPS) is 12.3. The van der Waals surface area contributed by atoms with Crippen molar-refractivity contribution in [3.05, 3.63) is 65.7 Å². The standard InChI is InChI=1S/C20H15N/c1-12-10-15-14-7-3-4-8-17(14)21-18-9-5-6-13(2)19(18)16(11-12)20(15)21/h3-11H,1-2H3. The van der Waals surface area contributed by atoms with Crippen molar-refractivity contribution >= 4 is 38.1 Å². The summed E-state index contributed by atoms with van der Waals surface area (Å²) in [7, 11) is 0. The Balaban J connectivity index is 2.30. The maximum atomic E-state index is 2.43. The molecule has 5 aromatic rings. The van der Waals surface area contributed by atoms with Gasteiger partial charge in [0.25, 0.3) is 0 Å². The van der Waals surface area contributed by atoms with E-state index >= 15 is 0 Å². The highest BCUT2D eigenvalue weighted by Gasteiger charge is 2.17. The van der Waals surface area contributed by atoms with E-state index in [1.165, 1.54) is 49.2 Å². The summed E-state index contributed by atoms with van der Waals surface area (Å²) in [4.78, 5) is 0. The number of fused-ring (bicyclic) bond motifs is 6. The summed E-state index contributed by atoms with van der Waals surface area (Å²) >= 11 is 0. The zero-order valence-corrected chi connectivity index (χ0v) is 12.1. The third kappa shape index (κ3) is 1.22. The molecule has 3 aromatic carbocycles. The van der Waals surface area contributed by atoms with E-state index in [1.54, 1.807) is 0 Å². The Bertz CT molecular complexity index is 1140. The minimum atomic E-state index is 1.31. The van der Waals surface area contributed by atoms with Crippen molar-refractivity contribution in [2.24, 2.45) is 0 Å². The van der Waals surface area contributed by atoms with E-state index in [9.17, 15) is 0 Å². The van der Waals surface area contributed by atoms with Gasteiger partial charge in [-0.2, -0.15) is 0 Å². The van der Waals surface area contributed by atoms with E-state index < -0.39 is 0 Å². The number of hydrogen-bond donors (Lipinski definition) is 0. The van der Waals surface area contributed by atoms with Gasteiger partial charge in [0.05, 0.1) is 16.6 Å². The first-order valence-corrected chi connectivity index (χ1v) is 7.40. The Morgan fingerprint density at radius 3 is 2.38 bits per heavy atom. The van der Waals surface area contributed by atoms with Crippen LogP contribution in [0.3, 0.4) is 0 Å². The molecule has 0 aliphatic heterocycles. The lowest BCUT2D eigenvalue weighted by molar-refractivity contribution is 1.36. The largest absolute Gasteiger partial charge is 0.308 e. The molecule has 0 radical (unpaired) electrons. The van der Waals surface area contributed by atoms with Gasteiger partial charge in [0.1, 0.15) is 0 Å². The van der Waals surface area contributed by atoms with Crippen molar-refractivity contribution in [1.82, 2.24) is 4.40 Å². The Labute approximate surface area is 122 Å². The number of aromatic nitrogens is 1. The molecule has 0 unspecified atom stereocenters. The van der Waals surface area contributed by atoms with Gasteiger partial charge in [0.15, 0.2) is 0 Å². The lowest BCUT2D eigenvalue weighted by Gasteiger charge is -2.00. The van der Waals surface area contributed by atoms with Crippen molar-refractivity contribution < 1.29 is 0 Å². The van der Waals surface area contributed by atoms with Gasteiger partial charge in [0.2, 0.25) is 0 Å².